The minimum Gasteiger partial charge on any atom is -0.367 e. The summed E-state index contributed by atoms with van der Waals surface area (Å²) in [4.78, 5) is 62.3. The molecule has 2 N–H and O–H groups in total. The van der Waals surface area contributed by atoms with E-state index in [0.717, 1.165) is 50.3 Å². The minimum absolute atomic E-state index is 0.0439. The van der Waals surface area contributed by atoms with Crippen molar-refractivity contribution in [2.75, 3.05) is 54.9 Å². The van der Waals surface area contributed by atoms with Crippen LogP contribution < -0.4 is 26.1 Å². The van der Waals surface area contributed by atoms with Crippen molar-refractivity contribution < 1.29 is 27.6 Å². The predicted molar refractivity (Wildman–Crippen MR) is 217 cm³/mol. The second kappa shape index (κ2) is 16.0. The zero-order valence-corrected chi connectivity index (χ0v) is 33.6. The number of fused-ring (bicyclic) bond motifs is 2. The summed E-state index contributed by atoms with van der Waals surface area (Å²) in [6, 6.07) is 6.06. The average Bonchev–Trinajstić information content (AvgIpc) is 4.05. The van der Waals surface area contributed by atoms with Gasteiger partial charge in [0.05, 0.1) is 41.2 Å². The van der Waals surface area contributed by atoms with Gasteiger partial charge < -0.3 is 20.0 Å². The number of benzene rings is 1. The van der Waals surface area contributed by atoms with Crippen LogP contribution in [0.4, 0.5) is 30.4 Å². The van der Waals surface area contributed by atoms with Crippen LogP contribution in [0.15, 0.2) is 47.7 Å². The number of hydrogen-bond donors (Lipinski definition) is 2. The molecule has 5 aromatic rings. The van der Waals surface area contributed by atoms with E-state index in [1.165, 1.54) is 26.0 Å². The largest absolute Gasteiger partial charge is 0.367 e. The number of aryl methyl sites for hydroxylation is 1. The third-order valence-corrected chi connectivity index (χ3v) is 13.0. The fourth-order valence-electron chi connectivity index (χ4n) is 9.83. The SMILES string of the molecule is CN(CC1CCC(n2cc(NC(=O)c3cnn4ccc(N5CCCC5)nc34)c(C(F)F)n2)CC1)[C@H]1CCN(c2cccc3c2n(C)c(=O)n3C2CCC(=O)NC2=O)C[C@@H]1F. The van der Waals surface area contributed by atoms with Gasteiger partial charge >= 0.3 is 5.69 Å². The van der Waals surface area contributed by atoms with Gasteiger partial charge in [0.1, 0.15) is 23.6 Å². The first-order chi connectivity index (χ1) is 28.9. The lowest BCUT2D eigenvalue weighted by atomic mass is 9.85. The average molecular weight is 831 g/mol. The van der Waals surface area contributed by atoms with Crippen LogP contribution in [0.25, 0.3) is 16.7 Å². The van der Waals surface area contributed by atoms with Crippen molar-refractivity contribution in [3.8, 4) is 0 Å². The second-order valence-electron chi connectivity index (χ2n) is 16.7. The molecule has 4 fully saturated rings. The number of halogens is 3. The Morgan fingerprint density at radius 3 is 2.53 bits per heavy atom. The molecule has 3 saturated heterocycles. The highest BCUT2D eigenvalue weighted by atomic mass is 19.3. The van der Waals surface area contributed by atoms with Gasteiger partial charge in [-0.25, -0.2) is 27.5 Å². The maximum atomic E-state index is 16.1. The molecule has 19 heteroatoms. The number of imide groups is 1. The molecule has 16 nitrogen and oxygen atoms in total. The highest BCUT2D eigenvalue weighted by molar-refractivity contribution is 6.08. The Morgan fingerprint density at radius 2 is 1.80 bits per heavy atom. The van der Waals surface area contributed by atoms with Crippen molar-refractivity contribution >= 4 is 51.6 Å². The number of hydrogen-bond acceptors (Lipinski definition) is 10. The van der Waals surface area contributed by atoms with Crippen molar-refractivity contribution in [3.63, 3.8) is 0 Å². The number of amides is 3. The van der Waals surface area contributed by atoms with E-state index in [9.17, 15) is 28.0 Å². The van der Waals surface area contributed by atoms with Crippen LogP contribution in [0.1, 0.15) is 92.3 Å². The molecule has 3 atom stereocenters. The molecule has 4 aliphatic rings. The van der Waals surface area contributed by atoms with Gasteiger partial charge in [0, 0.05) is 58.1 Å². The number of nitrogens with zero attached hydrogens (tertiary/aromatic N) is 10. The summed E-state index contributed by atoms with van der Waals surface area (Å²) in [5.74, 6) is -0.427. The lowest BCUT2D eigenvalue weighted by molar-refractivity contribution is -0.135. The van der Waals surface area contributed by atoms with E-state index < -0.39 is 36.1 Å². The van der Waals surface area contributed by atoms with Crippen molar-refractivity contribution in [3.05, 3.63) is 64.6 Å². The molecule has 0 bridgehead atoms. The number of imidazole rings is 1. The Hall–Kier alpha value is -5.72. The fraction of sp³-hybridized carbons (Fsp3) is 0.537. The lowest BCUT2D eigenvalue weighted by Crippen LogP contribution is -2.52. The van der Waals surface area contributed by atoms with E-state index in [1.54, 1.807) is 30.1 Å². The van der Waals surface area contributed by atoms with Crippen LogP contribution in [0.2, 0.25) is 0 Å². The van der Waals surface area contributed by atoms with Gasteiger partial charge in [-0.2, -0.15) is 10.2 Å². The van der Waals surface area contributed by atoms with Gasteiger partial charge in [-0.15, -0.1) is 0 Å². The van der Waals surface area contributed by atoms with Crippen molar-refractivity contribution in [1.82, 2.24) is 43.7 Å². The molecule has 0 radical (unpaired) electrons. The van der Waals surface area contributed by atoms with E-state index >= 15 is 4.39 Å². The van der Waals surface area contributed by atoms with Crippen LogP contribution >= 0.6 is 0 Å². The Labute approximate surface area is 343 Å². The molecule has 3 aliphatic heterocycles. The molecule has 1 saturated carbocycles. The van der Waals surface area contributed by atoms with Crippen LogP contribution in [-0.4, -0.2) is 108 Å². The van der Waals surface area contributed by atoms with Crippen molar-refractivity contribution in [2.45, 2.75) is 88.5 Å². The number of carbonyl (C=O) groups excluding carboxylic acids is 3. The van der Waals surface area contributed by atoms with Crippen LogP contribution in [0.3, 0.4) is 0 Å². The third kappa shape index (κ3) is 7.29. The maximum absolute atomic E-state index is 16.1. The van der Waals surface area contributed by atoms with Crippen LogP contribution in [-0.2, 0) is 16.6 Å². The first-order valence-corrected chi connectivity index (χ1v) is 20.9. The molecule has 318 valence electrons. The summed E-state index contributed by atoms with van der Waals surface area (Å²) in [5.41, 5.74) is 1.53. The third-order valence-electron chi connectivity index (χ3n) is 13.0. The van der Waals surface area contributed by atoms with E-state index in [2.05, 4.69) is 35.6 Å². The number of alkyl halides is 3. The Bertz CT molecular complexity index is 2500. The number of anilines is 3. The molecule has 9 rings (SSSR count). The quantitative estimate of drug-likeness (QED) is 0.190. The van der Waals surface area contributed by atoms with Gasteiger partial charge in [-0.1, -0.05) is 6.07 Å². The number of rotatable bonds is 10. The first kappa shape index (κ1) is 39.7. The van der Waals surface area contributed by atoms with Gasteiger partial charge in [-0.3, -0.25) is 33.5 Å². The topological polar surface area (TPSA) is 160 Å². The van der Waals surface area contributed by atoms with Crippen molar-refractivity contribution in [2.24, 2.45) is 13.0 Å². The summed E-state index contributed by atoms with van der Waals surface area (Å²) in [6.45, 7) is 3.15. The molecule has 0 spiro atoms. The smallest absolute Gasteiger partial charge is 0.329 e. The molecular formula is C41H49F3N12O4. The summed E-state index contributed by atoms with van der Waals surface area (Å²) < 4.78 is 50.7. The van der Waals surface area contributed by atoms with E-state index in [1.807, 2.05) is 24.1 Å². The normalized spacial score (nSPS) is 24.0. The summed E-state index contributed by atoms with van der Waals surface area (Å²) in [5, 5.41) is 13.5. The zero-order valence-electron chi connectivity index (χ0n) is 33.6. The number of piperidine rings is 2. The predicted octanol–water partition coefficient (Wildman–Crippen LogP) is 4.63. The molecule has 4 aromatic heterocycles. The zero-order chi connectivity index (χ0) is 41.8. The highest BCUT2D eigenvalue weighted by Crippen LogP contribution is 2.37. The molecule has 7 heterocycles. The maximum Gasteiger partial charge on any atom is 0.329 e. The standard InChI is InChI=1S/C41H49F3N12O4/c1-50(29-14-18-53(22-27(29)42)30-6-5-7-31-36(30)51(2)41(60)56(31)32-12-13-34(57)48-40(32)59)21-24-8-10-25(11-9-24)55-23-28(35(49-55)37(43)44)46-39(58)26-20-45-54-19-15-33(47-38(26)54)52-16-3-4-17-52/h5-7,15,19-20,23-25,27,29,32,37H,3-4,8-14,16-18,21-22H2,1-2H3,(H,46,58)(H,48,57,59)/t24?,25?,27-,29-,32?/m0/s1. The molecule has 3 amide bonds. The number of para-hydroxylation sites is 1. The van der Waals surface area contributed by atoms with Gasteiger partial charge in [0.2, 0.25) is 11.8 Å². The monoisotopic (exact) mass is 830 g/mol. The number of nitrogens with one attached hydrogen (secondary N) is 2. The molecule has 1 aromatic carbocycles. The molecular weight excluding hydrogens is 782 g/mol. The van der Waals surface area contributed by atoms with Gasteiger partial charge in [-0.05, 0) is 82.5 Å². The van der Waals surface area contributed by atoms with Crippen LogP contribution in [0, 0.1) is 5.92 Å². The number of aromatic nitrogens is 7. The second-order valence-corrected chi connectivity index (χ2v) is 16.7. The van der Waals surface area contributed by atoms with Crippen LogP contribution in [0.5, 0.6) is 0 Å². The molecule has 1 aliphatic carbocycles. The molecule has 60 heavy (non-hydrogen) atoms. The Balaban J connectivity index is 0.816. The Kier molecular flexibility index (Phi) is 10.6. The van der Waals surface area contributed by atoms with E-state index in [-0.39, 0.29) is 60.2 Å². The summed E-state index contributed by atoms with van der Waals surface area (Å²) >= 11 is 0. The number of carbonyl (C=O) groups is 3. The summed E-state index contributed by atoms with van der Waals surface area (Å²) in [7, 11) is 3.60. The van der Waals surface area contributed by atoms with Crippen molar-refractivity contribution in [1.29, 1.82) is 0 Å². The van der Waals surface area contributed by atoms with E-state index in [4.69, 9.17) is 0 Å². The fourth-order valence-corrected chi connectivity index (χ4v) is 9.83. The van der Waals surface area contributed by atoms with Gasteiger partial charge in [0.25, 0.3) is 12.3 Å². The minimum atomic E-state index is -2.89. The summed E-state index contributed by atoms with van der Waals surface area (Å²) in [6.07, 6.45) is 6.65. The first-order valence-electron chi connectivity index (χ1n) is 20.9. The van der Waals surface area contributed by atoms with E-state index in [0.29, 0.717) is 49.0 Å². The lowest BCUT2D eigenvalue weighted by Gasteiger charge is -2.42. The molecule has 1 unspecified atom stereocenters. The highest BCUT2D eigenvalue weighted by Gasteiger charge is 2.37. The van der Waals surface area contributed by atoms with Gasteiger partial charge in [0.15, 0.2) is 11.3 Å². The Morgan fingerprint density at radius 1 is 1.02 bits per heavy atom.